The van der Waals surface area contributed by atoms with Crippen molar-refractivity contribution in [2.45, 2.75) is 51.5 Å². The lowest BCUT2D eigenvalue weighted by Gasteiger charge is -2.39. The van der Waals surface area contributed by atoms with Gasteiger partial charge < -0.3 is 25.4 Å². The molecule has 0 unspecified atom stereocenters. The zero-order chi connectivity index (χ0) is 19.2. The van der Waals surface area contributed by atoms with Crippen molar-refractivity contribution >= 4 is 29.2 Å². The Hall–Kier alpha value is -2.17. The highest BCUT2D eigenvalue weighted by molar-refractivity contribution is 6.39. The predicted octanol–water partition coefficient (Wildman–Crippen LogP) is -2.75. The molecular formula is C14H21NO9. The third-order valence-electron chi connectivity index (χ3n) is 3.22. The van der Waals surface area contributed by atoms with Gasteiger partial charge in [-0.3, -0.25) is 24.0 Å². The molecule has 10 nitrogen and oxygen atoms in total. The number of amides is 1. The number of esters is 1. The molecule has 4 N–H and O–H groups in total. The predicted molar refractivity (Wildman–Crippen MR) is 77.6 cm³/mol. The summed E-state index contributed by atoms with van der Waals surface area (Å²) in [7, 11) is 0. The van der Waals surface area contributed by atoms with E-state index in [1.54, 1.807) is 0 Å². The number of nitrogens with one attached hydrogen (secondary N) is 1. The molecule has 0 radical (unpaired) electrons. The Morgan fingerprint density at radius 2 is 1.58 bits per heavy atom. The van der Waals surface area contributed by atoms with E-state index in [0.717, 1.165) is 27.7 Å². The molecule has 10 heteroatoms. The molecule has 136 valence electrons. The molecule has 0 aromatic carbocycles. The third kappa shape index (κ3) is 4.91. The van der Waals surface area contributed by atoms with Crippen molar-refractivity contribution in [3.63, 3.8) is 0 Å². The van der Waals surface area contributed by atoms with Crippen molar-refractivity contribution in [3.05, 3.63) is 0 Å². The minimum atomic E-state index is -2.97. The van der Waals surface area contributed by atoms with Crippen molar-refractivity contribution in [1.29, 1.82) is 0 Å². The van der Waals surface area contributed by atoms with E-state index in [9.17, 15) is 34.2 Å². The number of carbonyl (C=O) groups is 5. The summed E-state index contributed by atoms with van der Waals surface area (Å²) in [6.45, 7) is 2.49. The van der Waals surface area contributed by atoms with Gasteiger partial charge in [-0.2, -0.15) is 0 Å². The van der Waals surface area contributed by atoms with E-state index in [0.29, 0.717) is 0 Å². The van der Waals surface area contributed by atoms with Crippen LogP contribution in [0.3, 0.4) is 0 Å². The second-order valence-electron chi connectivity index (χ2n) is 5.22. The van der Waals surface area contributed by atoms with Gasteiger partial charge in [-0.05, 0) is 6.92 Å². The first kappa shape index (κ1) is 21.8. The van der Waals surface area contributed by atoms with Crippen LogP contribution in [0.25, 0.3) is 0 Å². The minimum absolute atomic E-state index is 0.808. The number of rotatable bonds is 9. The van der Waals surface area contributed by atoms with Crippen LogP contribution in [0.15, 0.2) is 0 Å². The zero-order valence-electron chi connectivity index (χ0n) is 13.7. The molecule has 0 saturated heterocycles. The minimum Gasteiger partial charge on any atom is -0.456 e. The average Bonchev–Trinajstić information content (AvgIpc) is 2.47. The van der Waals surface area contributed by atoms with Gasteiger partial charge in [-0.15, -0.1) is 0 Å². The van der Waals surface area contributed by atoms with Crippen molar-refractivity contribution in [2.75, 3.05) is 6.61 Å². The Balaban J connectivity index is 6.31. The number of hydrogen-bond donors (Lipinski definition) is 4. The molecule has 0 aliphatic heterocycles. The molecule has 0 aliphatic carbocycles. The molecule has 0 rings (SSSR count). The average molecular weight is 347 g/mol. The molecule has 1 amide bonds. The number of hydrogen-bond acceptors (Lipinski definition) is 9. The number of Topliss-reactive ketones (excluding diaryl/α,β-unsaturated/α-hetero) is 3. The van der Waals surface area contributed by atoms with Gasteiger partial charge >= 0.3 is 5.97 Å². The van der Waals surface area contributed by atoms with Gasteiger partial charge in [0.1, 0.15) is 12.1 Å². The van der Waals surface area contributed by atoms with Crippen LogP contribution in [-0.4, -0.2) is 75.0 Å². The van der Waals surface area contributed by atoms with E-state index in [-0.39, 0.29) is 0 Å². The third-order valence-corrected chi connectivity index (χ3v) is 3.22. The fourth-order valence-electron chi connectivity index (χ4n) is 2.09. The van der Waals surface area contributed by atoms with Crippen LogP contribution in [0.1, 0.15) is 27.7 Å². The summed E-state index contributed by atoms with van der Waals surface area (Å²) in [6.07, 6.45) is -4.06. The van der Waals surface area contributed by atoms with Crippen molar-refractivity contribution in [3.8, 4) is 0 Å². The number of aliphatic hydroxyl groups excluding tert-OH is 2. The Morgan fingerprint density at radius 3 is 1.88 bits per heavy atom. The SMILES string of the molecule is CC(=O)N[C@@H](C(=O)C(C)=O)[C@](O)(C(C)=O)[C@H](OC(C)=O)[C@H](O)CO. The summed E-state index contributed by atoms with van der Waals surface area (Å²) in [5.74, 6) is -5.51. The van der Waals surface area contributed by atoms with Crippen LogP contribution >= 0.6 is 0 Å². The van der Waals surface area contributed by atoms with Crippen LogP contribution in [-0.2, 0) is 28.7 Å². The first-order valence-electron chi connectivity index (χ1n) is 6.90. The molecular weight excluding hydrogens is 326 g/mol. The normalized spacial score (nSPS) is 17.0. The van der Waals surface area contributed by atoms with Gasteiger partial charge in [0.15, 0.2) is 23.3 Å². The fraction of sp³-hybridized carbons (Fsp3) is 0.643. The van der Waals surface area contributed by atoms with Crippen molar-refractivity contribution < 1.29 is 44.0 Å². The van der Waals surface area contributed by atoms with Crippen LogP contribution in [0.2, 0.25) is 0 Å². The summed E-state index contributed by atoms with van der Waals surface area (Å²) < 4.78 is 4.69. The fourth-order valence-corrected chi connectivity index (χ4v) is 2.09. The lowest BCUT2D eigenvalue weighted by atomic mass is 9.79. The summed E-state index contributed by atoms with van der Waals surface area (Å²) in [5.41, 5.74) is -2.97. The molecule has 4 atom stereocenters. The van der Waals surface area contributed by atoms with E-state index < -0.39 is 59.7 Å². The maximum Gasteiger partial charge on any atom is 0.303 e. The highest BCUT2D eigenvalue weighted by Gasteiger charge is 2.56. The molecule has 0 saturated carbocycles. The largest absolute Gasteiger partial charge is 0.456 e. The topological polar surface area (TPSA) is 167 Å². The number of carbonyl (C=O) groups excluding carboxylic acids is 5. The number of aliphatic hydroxyl groups is 3. The van der Waals surface area contributed by atoms with E-state index in [1.165, 1.54) is 0 Å². The van der Waals surface area contributed by atoms with Gasteiger partial charge in [0.05, 0.1) is 6.61 Å². The molecule has 24 heavy (non-hydrogen) atoms. The quantitative estimate of drug-likeness (QED) is 0.255. The molecule has 0 bridgehead atoms. The number of ether oxygens (including phenoxy) is 1. The van der Waals surface area contributed by atoms with Gasteiger partial charge in [0, 0.05) is 20.8 Å². The lowest BCUT2D eigenvalue weighted by molar-refractivity contribution is -0.192. The Bertz CT molecular complexity index is 544. The molecule has 0 aromatic heterocycles. The highest BCUT2D eigenvalue weighted by atomic mass is 16.6. The molecule has 0 spiro atoms. The first-order valence-corrected chi connectivity index (χ1v) is 6.90. The van der Waals surface area contributed by atoms with Gasteiger partial charge in [0.2, 0.25) is 11.7 Å². The van der Waals surface area contributed by atoms with Crippen LogP contribution < -0.4 is 5.32 Å². The summed E-state index contributed by atoms with van der Waals surface area (Å²) in [6, 6.07) is -2.12. The summed E-state index contributed by atoms with van der Waals surface area (Å²) >= 11 is 0. The molecule has 0 aliphatic rings. The van der Waals surface area contributed by atoms with Gasteiger partial charge in [-0.25, -0.2) is 0 Å². The Morgan fingerprint density at radius 1 is 1.08 bits per heavy atom. The van der Waals surface area contributed by atoms with Crippen molar-refractivity contribution in [2.24, 2.45) is 0 Å². The maximum atomic E-state index is 12.1. The van der Waals surface area contributed by atoms with E-state index in [1.807, 2.05) is 5.32 Å². The summed E-state index contributed by atoms with van der Waals surface area (Å²) in [5, 5.41) is 31.6. The molecule has 0 aromatic rings. The van der Waals surface area contributed by atoms with Crippen molar-refractivity contribution in [1.82, 2.24) is 5.32 Å². The maximum absolute atomic E-state index is 12.1. The number of ketones is 3. The Labute approximate surface area is 137 Å². The standard InChI is InChI=1S/C14H21NO9/c1-6(17)11(22)12(15-8(3)19)14(23,7(2)18)13(10(21)5-16)24-9(4)20/h10,12-13,16,21,23H,5H2,1-4H3,(H,15,19)/t10-,12+,13-,14-/m1/s1. The van der Waals surface area contributed by atoms with Gasteiger partial charge in [0.25, 0.3) is 0 Å². The molecule has 0 heterocycles. The van der Waals surface area contributed by atoms with Gasteiger partial charge in [-0.1, -0.05) is 0 Å². The monoisotopic (exact) mass is 347 g/mol. The lowest BCUT2D eigenvalue weighted by Crippen LogP contribution is -2.70. The second kappa shape index (κ2) is 8.62. The zero-order valence-corrected chi connectivity index (χ0v) is 13.7. The van der Waals surface area contributed by atoms with E-state index in [4.69, 9.17) is 5.11 Å². The van der Waals surface area contributed by atoms with Crippen LogP contribution in [0, 0.1) is 0 Å². The highest BCUT2D eigenvalue weighted by Crippen LogP contribution is 2.25. The summed E-state index contributed by atoms with van der Waals surface area (Å²) in [4.78, 5) is 58.0. The second-order valence-corrected chi connectivity index (χ2v) is 5.22. The smallest absolute Gasteiger partial charge is 0.303 e. The first-order chi connectivity index (χ1) is 10.9. The van der Waals surface area contributed by atoms with E-state index >= 15 is 0 Å². The van der Waals surface area contributed by atoms with Crippen LogP contribution in [0.4, 0.5) is 0 Å². The molecule has 0 fully saturated rings. The van der Waals surface area contributed by atoms with E-state index in [2.05, 4.69) is 4.74 Å². The van der Waals surface area contributed by atoms with Crippen LogP contribution in [0.5, 0.6) is 0 Å². The Kier molecular flexibility index (Phi) is 7.84.